The van der Waals surface area contributed by atoms with E-state index in [-0.39, 0.29) is 18.1 Å². The Morgan fingerprint density at radius 1 is 1.20 bits per heavy atom. The Bertz CT molecular complexity index is 562. The summed E-state index contributed by atoms with van der Waals surface area (Å²) >= 11 is 3.34. The minimum absolute atomic E-state index is 0.314. The maximum absolute atomic E-state index is 12.4. The second kappa shape index (κ2) is 5.18. The Hall–Kier alpha value is -1.40. The Morgan fingerprint density at radius 3 is 2.50 bits per heavy atom. The molecule has 2 fully saturated rings. The first-order chi connectivity index (χ1) is 9.58. The van der Waals surface area contributed by atoms with Gasteiger partial charge in [-0.05, 0) is 40.9 Å². The standard InChI is InChI=1S/C14H14BrNO4/c15-7-3-1-2-4-8(7)16-13(17)11-9-5-6-10(20-9)12(11)14(18)19/h1-4,9-12H,5-6H2,(H,16,17)(H,18,19)/p-1/t9-,10+,11+,12-/m1/s1. The van der Waals surface area contributed by atoms with Crippen LogP contribution in [0.5, 0.6) is 0 Å². The van der Waals surface area contributed by atoms with Gasteiger partial charge in [0.2, 0.25) is 5.91 Å². The van der Waals surface area contributed by atoms with Crippen molar-refractivity contribution in [1.29, 1.82) is 0 Å². The SMILES string of the molecule is O=C(Nc1ccccc1Br)[C@@H]1[C@H](C(=O)[O-])[C@@H]2CC[C@H]1O2. The van der Waals surface area contributed by atoms with Crippen LogP contribution in [0.15, 0.2) is 28.7 Å². The van der Waals surface area contributed by atoms with Crippen molar-refractivity contribution >= 4 is 33.5 Å². The van der Waals surface area contributed by atoms with Crippen LogP contribution in [0.25, 0.3) is 0 Å². The number of rotatable bonds is 3. The number of carbonyl (C=O) groups excluding carboxylic acids is 2. The van der Waals surface area contributed by atoms with E-state index < -0.39 is 17.8 Å². The third-order valence-electron chi connectivity index (χ3n) is 3.98. The van der Waals surface area contributed by atoms with Crippen LogP contribution in [0.2, 0.25) is 0 Å². The second-order valence-corrected chi connectivity index (χ2v) is 5.98. The van der Waals surface area contributed by atoms with Crippen molar-refractivity contribution in [2.24, 2.45) is 11.8 Å². The number of carboxylic acids is 1. The first-order valence-electron chi connectivity index (χ1n) is 6.49. The summed E-state index contributed by atoms with van der Waals surface area (Å²) < 4.78 is 6.31. The lowest BCUT2D eigenvalue weighted by atomic mass is 9.78. The number of aliphatic carboxylic acids is 1. The molecule has 3 rings (SSSR count). The Labute approximate surface area is 124 Å². The van der Waals surface area contributed by atoms with Gasteiger partial charge in [-0.15, -0.1) is 0 Å². The van der Waals surface area contributed by atoms with Gasteiger partial charge in [0.25, 0.3) is 0 Å². The fourth-order valence-electron chi connectivity index (χ4n) is 3.09. The third kappa shape index (κ3) is 2.23. The largest absolute Gasteiger partial charge is 0.550 e. The molecule has 2 heterocycles. The molecule has 20 heavy (non-hydrogen) atoms. The van der Waals surface area contributed by atoms with Crippen LogP contribution in [0, 0.1) is 11.8 Å². The number of carbonyl (C=O) groups is 2. The van der Waals surface area contributed by atoms with Gasteiger partial charge < -0.3 is 20.0 Å². The number of anilines is 1. The first kappa shape index (κ1) is 13.6. The van der Waals surface area contributed by atoms with Crippen LogP contribution in [-0.2, 0) is 14.3 Å². The summed E-state index contributed by atoms with van der Waals surface area (Å²) in [6.45, 7) is 0. The van der Waals surface area contributed by atoms with E-state index >= 15 is 0 Å². The lowest BCUT2D eigenvalue weighted by Gasteiger charge is -2.27. The molecule has 2 aliphatic rings. The number of hydrogen-bond acceptors (Lipinski definition) is 4. The third-order valence-corrected chi connectivity index (χ3v) is 4.67. The molecule has 5 nitrogen and oxygen atoms in total. The molecule has 0 aromatic heterocycles. The first-order valence-corrected chi connectivity index (χ1v) is 7.29. The molecule has 2 aliphatic heterocycles. The molecule has 2 bridgehead atoms. The maximum atomic E-state index is 12.4. The van der Waals surface area contributed by atoms with Crippen molar-refractivity contribution in [2.75, 3.05) is 5.32 Å². The highest BCUT2D eigenvalue weighted by atomic mass is 79.9. The highest BCUT2D eigenvalue weighted by Gasteiger charge is 2.52. The minimum Gasteiger partial charge on any atom is -0.550 e. The van der Waals surface area contributed by atoms with Gasteiger partial charge in [-0.3, -0.25) is 4.79 Å². The smallest absolute Gasteiger partial charge is 0.230 e. The summed E-state index contributed by atoms with van der Waals surface area (Å²) in [4.78, 5) is 23.6. The molecule has 1 amide bonds. The van der Waals surface area contributed by atoms with Crippen molar-refractivity contribution in [2.45, 2.75) is 25.0 Å². The van der Waals surface area contributed by atoms with Crippen molar-refractivity contribution in [3.05, 3.63) is 28.7 Å². The average Bonchev–Trinajstić information content (AvgIpc) is 3.01. The number of para-hydroxylation sites is 1. The molecule has 0 unspecified atom stereocenters. The summed E-state index contributed by atoms with van der Waals surface area (Å²) in [7, 11) is 0. The van der Waals surface area contributed by atoms with E-state index in [0.717, 1.165) is 10.9 Å². The zero-order chi connectivity index (χ0) is 14.3. The van der Waals surface area contributed by atoms with Gasteiger partial charge in [-0.25, -0.2) is 0 Å². The molecule has 0 saturated carbocycles. The molecule has 0 radical (unpaired) electrons. The Kier molecular flexibility index (Phi) is 3.52. The molecule has 0 spiro atoms. The van der Waals surface area contributed by atoms with Crippen molar-refractivity contribution in [1.82, 2.24) is 0 Å². The van der Waals surface area contributed by atoms with Crippen LogP contribution in [0.3, 0.4) is 0 Å². The minimum atomic E-state index is -1.20. The van der Waals surface area contributed by atoms with Gasteiger partial charge in [0, 0.05) is 16.4 Å². The molecule has 106 valence electrons. The summed E-state index contributed by atoms with van der Waals surface area (Å²) in [5.41, 5.74) is 0.623. The molecule has 1 aromatic carbocycles. The molecular formula is C14H13BrNO4-. The number of carboxylic acid groups (broad SMARTS) is 1. The molecule has 1 N–H and O–H groups in total. The van der Waals surface area contributed by atoms with E-state index in [0.29, 0.717) is 12.1 Å². The number of fused-ring (bicyclic) bond motifs is 2. The number of amides is 1. The summed E-state index contributed by atoms with van der Waals surface area (Å²) in [5.74, 6) is -3.05. The predicted molar refractivity (Wildman–Crippen MR) is 72.7 cm³/mol. The molecular weight excluding hydrogens is 326 g/mol. The zero-order valence-electron chi connectivity index (χ0n) is 10.5. The number of benzene rings is 1. The average molecular weight is 339 g/mol. The van der Waals surface area contributed by atoms with Crippen LogP contribution >= 0.6 is 15.9 Å². The number of hydrogen-bond donors (Lipinski definition) is 1. The van der Waals surface area contributed by atoms with Crippen molar-refractivity contribution in [3.63, 3.8) is 0 Å². The molecule has 6 heteroatoms. The van der Waals surface area contributed by atoms with Crippen LogP contribution in [-0.4, -0.2) is 24.1 Å². The van der Waals surface area contributed by atoms with Crippen LogP contribution < -0.4 is 10.4 Å². The number of halogens is 1. The highest BCUT2D eigenvalue weighted by molar-refractivity contribution is 9.10. The fraction of sp³-hybridized carbons (Fsp3) is 0.429. The molecule has 1 aromatic rings. The second-order valence-electron chi connectivity index (χ2n) is 5.13. The number of nitrogens with one attached hydrogen (secondary N) is 1. The van der Waals surface area contributed by atoms with Crippen molar-refractivity contribution in [3.8, 4) is 0 Å². The lowest BCUT2D eigenvalue weighted by Crippen LogP contribution is -2.46. The van der Waals surface area contributed by atoms with E-state index in [4.69, 9.17) is 4.74 Å². The van der Waals surface area contributed by atoms with Crippen LogP contribution in [0.1, 0.15) is 12.8 Å². The summed E-state index contributed by atoms with van der Waals surface area (Å²) in [6, 6.07) is 7.20. The number of ether oxygens (including phenoxy) is 1. The van der Waals surface area contributed by atoms with Crippen molar-refractivity contribution < 1.29 is 19.4 Å². The maximum Gasteiger partial charge on any atom is 0.230 e. The van der Waals surface area contributed by atoms with Gasteiger partial charge in [0.1, 0.15) is 0 Å². The topological polar surface area (TPSA) is 78.5 Å². The van der Waals surface area contributed by atoms with Crippen LogP contribution in [0.4, 0.5) is 5.69 Å². The zero-order valence-corrected chi connectivity index (χ0v) is 12.1. The normalized spacial score (nSPS) is 31.2. The van der Waals surface area contributed by atoms with E-state index in [1.807, 2.05) is 12.1 Å². The van der Waals surface area contributed by atoms with Gasteiger partial charge in [0.15, 0.2) is 0 Å². The molecule has 2 saturated heterocycles. The monoisotopic (exact) mass is 338 g/mol. The summed E-state index contributed by atoms with van der Waals surface area (Å²) in [5, 5.41) is 14.0. The molecule has 4 atom stereocenters. The van der Waals surface area contributed by atoms with E-state index in [2.05, 4.69) is 21.2 Å². The Morgan fingerprint density at radius 2 is 1.85 bits per heavy atom. The van der Waals surface area contributed by atoms with Gasteiger partial charge in [-0.2, -0.15) is 0 Å². The van der Waals surface area contributed by atoms with E-state index in [9.17, 15) is 14.7 Å². The van der Waals surface area contributed by atoms with Gasteiger partial charge in [0.05, 0.1) is 23.8 Å². The molecule has 0 aliphatic carbocycles. The van der Waals surface area contributed by atoms with Gasteiger partial charge in [-0.1, -0.05) is 12.1 Å². The van der Waals surface area contributed by atoms with E-state index in [1.54, 1.807) is 12.1 Å². The quantitative estimate of drug-likeness (QED) is 0.889. The van der Waals surface area contributed by atoms with E-state index in [1.165, 1.54) is 0 Å². The Balaban J connectivity index is 1.80. The predicted octanol–water partition coefficient (Wildman–Crippen LogP) is 0.931. The summed E-state index contributed by atoms with van der Waals surface area (Å²) in [6.07, 6.45) is 0.704. The highest BCUT2D eigenvalue weighted by Crippen LogP contribution is 2.43. The lowest BCUT2D eigenvalue weighted by molar-refractivity contribution is -0.313. The van der Waals surface area contributed by atoms with Gasteiger partial charge >= 0.3 is 0 Å². The fourth-order valence-corrected chi connectivity index (χ4v) is 3.47.